The Morgan fingerprint density at radius 2 is 2.14 bits per heavy atom. The third kappa shape index (κ3) is 2.09. The summed E-state index contributed by atoms with van der Waals surface area (Å²) in [4.78, 5) is 0. The van der Waals surface area contributed by atoms with Gasteiger partial charge in [0.1, 0.15) is 0 Å². The molecule has 6 nitrogen and oxygen atoms in total. The van der Waals surface area contributed by atoms with Crippen LogP contribution in [0.1, 0.15) is 11.6 Å². The summed E-state index contributed by atoms with van der Waals surface area (Å²) in [6, 6.07) is 1.04. The van der Waals surface area contributed by atoms with Crippen molar-refractivity contribution in [1.29, 1.82) is 0 Å². The molecule has 3 N–H and O–H groups in total. The number of nitrogens with two attached hydrogens (primary N) is 1. The summed E-state index contributed by atoms with van der Waals surface area (Å²) in [6.07, 6.45) is 0. The van der Waals surface area contributed by atoms with Gasteiger partial charge in [-0.25, -0.2) is 0 Å². The van der Waals surface area contributed by atoms with Crippen LogP contribution in [0.3, 0.4) is 0 Å². The maximum Gasteiger partial charge on any atom is 0.238 e. The van der Waals surface area contributed by atoms with Gasteiger partial charge >= 0.3 is 0 Å². The van der Waals surface area contributed by atoms with Crippen LogP contribution in [-0.2, 0) is 0 Å². The van der Waals surface area contributed by atoms with Crippen LogP contribution in [0, 0.1) is 0 Å². The molecule has 6 heteroatoms. The molecule has 1 rings (SSSR count). The molecule has 0 fully saturated rings. The molecule has 0 aliphatic rings. The molecular formula is C8H13N3O3. The van der Waals surface area contributed by atoms with E-state index in [0.29, 0.717) is 17.3 Å². The highest BCUT2D eigenvalue weighted by molar-refractivity contribution is 5.31. The van der Waals surface area contributed by atoms with Crippen molar-refractivity contribution in [2.45, 2.75) is 6.04 Å². The Bertz CT molecular complexity index is 306. The van der Waals surface area contributed by atoms with Crippen LogP contribution >= 0.6 is 0 Å². The second-order valence-corrected chi connectivity index (χ2v) is 2.64. The Kier molecular flexibility index (Phi) is 3.61. The highest BCUT2D eigenvalue weighted by atomic mass is 16.5. The molecule has 0 amide bonds. The summed E-state index contributed by atoms with van der Waals surface area (Å²) in [5.41, 5.74) is 6.21. The second kappa shape index (κ2) is 4.73. The van der Waals surface area contributed by atoms with Gasteiger partial charge in [-0.15, -0.1) is 10.2 Å². The van der Waals surface area contributed by atoms with E-state index in [4.69, 9.17) is 20.3 Å². The largest absolute Gasteiger partial charge is 0.480 e. The zero-order chi connectivity index (χ0) is 10.6. The van der Waals surface area contributed by atoms with Gasteiger partial charge in [0.2, 0.25) is 11.8 Å². The lowest BCUT2D eigenvalue weighted by Crippen LogP contribution is -2.16. The Balaban J connectivity index is 3.08. The first-order valence-corrected chi connectivity index (χ1v) is 4.05. The van der Waals surface area contributed by atoms with Gasteiger partial charge in [0.25, 0.3) is 0 Å². The molecule has 0 aliphatic heterocycles. The van der Waals surface area contributed by atoms with Gasteiger partial charge in [-0.2, -0.15) is 0 Å². The third-order valence-corrected chi connectivity index (χ3v) is 1.76. The fourth-order valence-electron chi connectivity index (χ4n) is 0.998. The lowest BCUT2D eigenvalue weighted by Gasteiger charge is -2.12. The van der Waals surface area contributed by atoms with E-state index in [9.17, 15) is 0 Å². The van der Waals surface area contributed by atoms with Crippen LogP contribution in [0.25, 0.3) is 0 Å². The maximum absolute atomic E-state index is 8.90. The van der Waals surface area contributed by atoms with Crippen LogP contribution in [0.4, 0.5) is 0 Å². The first kappa shape index (κ1) is 10.7. The normalized spacial score (nSPS) is 12.3. The van der Waals surface area contributed by atoms with E-state index in [-0.39, 0.29) is 6.61 Å². The summed E-state index contributed by atoms with van der Waals surface area (Å²) < 4.78 is 9.83. The third-order valence-electron chi connectivity index (χ3n) is 1.76. The number of aliphatic hydroxyl groups excluding tert-OH is 1. The maximum atomic E-state index is 8.90. The molecule has 0 bridgehead atoms. The number of rotatable bonds is 4. The summed E-state index contributed by atoms with van der Waals surface area (Å²) in [5.74, 6) is 0.636. The number of aromatic nitrogens is 2. The molecular weight excluding hydrogens is 186 g/mol. The van der Waals surface area contributed by atoms with Crippen molar-refractivity contribution < 1.29 is 14.6 Å². The molecule has 1 heterocycles. The summed E-state index contributed by atoms with van der Waals surface area (Å²) >= 11 is 0. The molecule has 1 atom stereocenters. The Morgan fingerprint density at radius 3 is 2.64 bits per heavy atom. The molecule has 0 saturated carbocycles. The fraction of sp³-hybridized carbons (Fsp3) is 0.500. The minimum absolute atomic E-state index is 0.189. The second-order valence-electron chi connectivity index (χ2n) is 2.64. The monoisotopic (exact) mass is 199 g/mol. The number of nitrogens with zero attached hydrogens (tertiary/aromatic N) is 2. The Morgan fingerprint density at radius 1 is 1.43 bits per heavy atom. The van der Waals surface area contributed by atoms with E-state index in [1.165, 1.54) is 14.2 Å². The quantitative estimate of drug-likeness (QED) is 0.678. The Hall–Kier alpha value is -1.40. The number of hydrogen-bond acceptors (Lipinski definition) is 6. The molecule has 0 spiro atoms. The van der Waals surface area contributed by atoms with E-state index in [1.54, 1.807) is 6.07 Å². The van der Waals surface area contributed by atoms with Crippen molar-refractivity contribution in [2.24, 2.45) is 5.73 Å². The van der Waals surface area contributed by atoms with Crippen molar-refractivity contribution in [3.63, 3.8) is 0 Å². The van der Waals surface area contributed by atoms with Crippen molar-refractivity contribution in [2.75, 3.05) is 20.8 Å². The topological polar surface area (TPSA) is 90.5 Å². The summed E-state index contributed by atoms with van der Waals surface area (Å²) in [5, 5.41) is 16.4. The van der Waals surface area contributed by atoms with E-state index in [1.807, 2.05) is 0 Å². The van der Waals surface area contributed by atoms with E-state index in [2.05, 4.69) is 10.2 Å². The van der Waals surface area contributed by atoms with Crippen LogP contribution in [0.2, 0.25) is 0 Å². The van der Waals surface area contributed by atoms with Crippen molar-refractivity contribution in [3.05, 3.63) is 11.6 Å². The summed E-state index contributed by atoms with van der Waals surface area (Å²) in [7, 11) is 2.94. The Labute approximate surface area is 81.7 Å². The van der Waals surface area contributed by atoms with Crippen LogP contribution in [0.15, 0.2) is 6.07 Å². The highest BCUT2D eigenvalue weighted by Gasteiger charge is 2.14. The SMILES string of the molecule is COc1cc(C(N)CO)c(OC)nn1. The van der Waals surface area contributed by atoms with Crippen LogP contribution in [-0.4, -0.2) is 36.1 Å². The van der Waals surface area contributed by atoms with Crippen molar-refractivity contribution in [1.82, 2.24) is 10.2 Å². The lowest BCUT2D eigenvalue weighted by molar-refractivity contribution is 0.262. The van der Waals surface area contributed by atoms with Gasteiger partial charge < -0.3 is 20.3 Å². The van der Waals surface area contributed by atoms with E-state index < -0.39 is 6.04 Å². The van der Waals surface area contributed by atoms with Gasteiger partial charge in [-0.1, -0.05) is 0 Å². The summed E-state index contributed by atoms with van der Waals surface area (Å²) in [6.45, 7) is -0.189. The fourth-order valence-corrected chi connectivity index (χ4v) is 0.998. The number of methoxy groups -OCH3 is 2. The van der Waals surface area contributed by atoms with Crippen LogP contribution < -0.4 is 15.2 Å². The molecule has 1 aromatic rings. The van der Waals surface area contributed by atoms with Crippen molar-refractivity contribution in [3.8, 4) is 11.8 Å². The van der Waals surface area contributed by atoms with Crippen LogP contribution in [0.5, 0.6) is 11.8 Å². The molecule has 0 aliphatic carbocycles. The average molecular weight is 199 g/mol. The number of ether oxygens (including phenoxy) is 2. The average Bonchev–Trinajstić information content (AvgIpc) is 2.27. The molecule has 0 saturated heterocycles. The smallest absolute Gasteiger partial charge is 0.238 e. The molecule has 0 aromatic carbocycles. The van der Waals surface area contributed by atoms with Gasteiger partial charge in [0.05, 0.1) is 26.9 Å². The van der Waals surface area contributed by atoms with Gasteiger partial charge in [0, 0.05) is 11.6 Å². The molecule has 14 heavy (non-hydrogen) atoms. The van der Waals surface area contributed by atoms with Gasteiger partial charge in [-0.05, 0) is 0 Å². The minimum Gasteiger partial charge on any atom is -0.480 e. The lowest BCUT2D eigenvalue weighted by atomic mass is 10.1. The number of hydrogen-bond donors (Lipinski definition) is 2. The zero-order valence-corrected chi connectivity index (χ0v) is 8.10. The zero-order valence-electron chi connectivity index (χ0n) is 8.10. The van der Waals surface area contributed by atoms with E-state index >= 15 is 0 Å². The molecule has 1 unspecified atom stereocenters. The first-order chi connectivity index (χ1) is 6.72. The van der Waals surface area contributed by atoms with Crippen molar-refractivity contribution >= 4 is 0 Å². The molecule has 78 valence electrons. The van der Waals surface area contributed by atoms with Gasteiger partial charge in [-0.3, -0.25) is 0 Å². The number of aliphatic hydroxyl groups is 1. The molecule has 0 radical (unpaired) electrons. The minimum atomic E-state index is -0.547. The molecule has 1 aromatic heterocycles. The van der Waals surface area contributed by atoms with E-state index in [0.717, 1.165) is 0 Å². The van der Waals surface area contributed by atoms with Gasteiger partial charge in [0.15, 0.2) is 0 Å². The predicted molar refractivity (Wildman–Crippen MR) is 49.2 cm³/mol. The highest BCUT2D eigenvalue weighted by Crippen LogP contribution is 2.23. The standard InChI is InChI=1S/C8H13N3O3/c1-13-7-3-5(6(9)4-12)8(14-2)11-10-7/h3,6,12H,4,9H2,1-2H3. The predicted octanol–water partition coefficient (Wildman–Crippen LogP) is -0.514. The first-order valence-electron chi connectivity index (χ1n) is 4.05.